The maximum atomic E-state index is 9.95. The molecule has 0 saturated carbocycles. The molecule has 0 fully saturated rings. The first-order valence-corrected chi connectivity index (χ1v) is 6.58. The van der Waals surface area contributed by atoms with Gasteiger partial charge in [-0.25, -0.2) is 0 Å². The monoisotopic (exact) mass is 281 g/mol. The minimum absolute atomic E-state index is 0.00932. The largest absolute Gasteiger partial charge is 0.497 e. The second-order valence-corrected chi connectivity index (χ2v) is 4.62. The number of hydrogen-bond acceptors (Lipinski definition) is 4. The topological polar surface area (TPSA) is 70.0 Å². The third-order valence-electron chi connectivity index (χ3n) is 3.23. The minimum atomic E-state index is 0.00932. The third kappa shape index (κ3) is 2.72. The normalized spacial score (nSPS) is 11.3. The van der Waals surface area contributed by atoms with Crippen molar-refractivity contribution in [2.24, 2.45) is 10.2 Å². The van der Waals surface area contributed by atoms with Gasteiger partial charge < -0.3 is 14.8 Å². The average Bonchev–Trinajstić information content (AvgIpc) is 2.83. The van der Waals surface area contributed by atoms with Gasteiger partial charge >= 0.3 is 0 Å². The van der Waals surface area contributed by atoms with Crippen molar-refractivity contribution in [2.45, 2.75) is 6.54 Å². The third-order valence-corrected chi connectivity index (χ3v) is 3.23. The average molecular weight is 281 g/mol. The fraction of sp³-hybridized carbons (Fsp3) is 0.125. The molecule has 0 aliphatic carbocycles. The summed E-state index contributed by atoms with van der Waals surface area (Å²) < 4.78 is 5.15. The first-order chi connectivity index (χ1) is 10.3. The molecule has 5 nitrogen and oxygen atoms in total. The van der Waals surface area contributed by atoms with Crippen molar-refractivity contribution >= 4 is 16.6 Å². The van der Waals surface area contributed by atoms with Crippen molar-refractivity contribution in [1.82, 2.24) is 4.98 Å². The van der Waals surface area contributed by atoms with Crippen LogP contribution in [0.5, 0.6) is 11.6 Å². The molecule has 0 aliphatic rings. The van der Waals surface area contributed by atoms with Crippen LogP contribution in [-0.4, -0.2) is 17.2 Å². The van der Waals surface area contributed by atoms with Gasteiger partial charge in [0.2, 0.25) is 5.88 Å². The highest BCUT2D eigenvalue weighted by Gasteiger charge is 2.10. The van der Waals surface area contributed by atoms with Crippen LogP contribution in [0.2, 0.25) is 0 Å². The van der Waals surface area contributed by atoms with E-state index in [4.69, 9.17) is 4.74 Å². The zero-order valence-electron chi connectivity index (χ0n) is 11.6. The van der Waals surface area contributed by atoms with E-state index in [2.05, 4.69) is 15.2 Å². The van der Waals surface area contributed by atoms with Gasteiger partial charge in [-0.05, 0) is 17.7 Å². The van der Waals surface area contributed by atoms with Crippen LogP contribution in [0, 0.1) is 0 Å². The van der Waals surface area contributed by atoms with E-state index in [9.17, 15) is 5.11 Å². The molecule has 0 aliphatic heterocycles. The first kappa shape index (κ1) is 13.2. The van der Waals surface area contributed by atoms with E-state index < -0.39 is 0 Å². The maximum absolute atomic E-state index is 9.95. The van der Waals surface area contributed by atoms with Crippen molar-refractivity contribution in [3.05, 3.63) is 54.1 Å². The molecule has 0 amide bonds. The number of ether oxygens (including phenoxy) is 1. The summed E-state index contributed by atoms with van der Waals surface area (Å²) in [5, 5.41) is 19.1. The summed E-state index contributed by atoms with van der Waals surface area (Å²) in [6.07, 6.45) is 0. The maximum Gasteiger partial charge on any atom is 0.218 e. The number of H-pyrrole nitrogens is 1. The van der Waals surface area contributed by atoms with Crippen LogP contribution in [0.4, 0.5) is 5.69 Å². The number of methoxy groups -OCH3 is 1. The zero-order valence-corrected chi connectivity index (χ0v) is 11.6. The lowest BCUT2D eigenvalue weighted by molar-refractivity contribution is 0.415. The molecule has 0 saturated heterocycles. The zero-order chi connectivity index (χ0) is 14.7. The number of nitrogens with one attached hydrogen (secondary N) is 1. The Balaban J connectivity index is 1.88. The molecular weight excluding hydrogens is 266 g/mol. The number of nitrogens with zero attached hydrogens (tertiary/aromatic N) is 2. The molecule has 0 atom stereocenters. The predicted octanol–water partition coefficient (Wildman–Crippen LogP) is 4.17. The van der Waals surface area contributed by atoms with Gasteiger partial charge in [-0.1, -0.05) is 30.3 Å². The molecule has 0 bridgehead atoms. The molecule has 3 rings (SSSR count). The van der Waals surface area contributed by atoms with E-state index in [1.54, 1.807) is 7.11 Å². The minimum Gasteiger partial charge on any atom is -0.497 e. The quantitative estimate of drug-likeness (QED) is 0.705. The van der Waals surface area contributed by atoms with Gasteiger partial charge in [0.25, 0.3) is 0 Å². The number of aromatic amines is 1. The SMILES string of the molecule is COc1ccc2c(N=NCc3ccccc3)c(O)[nH]c2c1. The standard InChI is InChI=1S/C16H15N3O2/c1-21-12-7-8-13-14(9-12)18-16(20)15(13)19-17-10-11-5-3-2-4-6-11/h2-9,18,20H,10H2,1H3. The highest BCUT2D eigenvalue weighted by Crippen LogP contribution is 2.36. The Morgan fingerprint density at radius 3 is 2.71 bits per heavy atom. The molecule has 5 heteroatoms. The second kappa shape index (κ2) is 5.66. The van der Waals surface area contributed by atoms with E-state index in [1.807, 2.05) is 48.5 Å². The van der Waals surface area contributed by atoms with Crippen LogP contribution in [0.3, 0.4) is 0 Å². The molecule has 3 aromatic rings. The van der Waals surface area contributed by atoms with Crippen molar-refractivity contribution in [2.75, 3.05) is 7.11 Å². The molecule has 2 N–H and O–H groups in total. The van der Waals surface area contributed by atoms with Crippen LogP contribution in [0.1, 0.15) is 5.56 Å². The summed E-state index contributed by atoms with van der Waals surface area (Å²) in [7, 11) is 1.60. The number of rotatable bonds is 4. The van der Waals surface area contributed by atoms with Crippen LogP contribution < -0.4 is 4.74 Å². The van der Waals surface area contributed by atoms with Crippen molar-refractivity contribution in [3.63, 3.8) is 0 Å². The van der Waals surface area contributed by atoms with E-state index in [0.29, 0.717) is 12.2 Å². The van der Waals surface area contributed by atoms with Gasteiger partial charge in [0, 0.05) is 11.5 Å². The van der Waals surface area contributed by atoms with Crippen LogP contribution in [0.25, 0.3) is 10.9 Å². The number of azo groups is 1. The fourth-order valence-corrected chi connectivity index (χ4v) is 2.15. The van der Waals surface area contributed by atoms with Crippen molar-refractivity contribution < 1.29 is 9.84 Å². The van der Waals surface area contributed by atoms with Crippen LogP contribution in [-0.2, 0) is 6.54 Å². The Morgan fingerprint density at radius 1 is 1.14 bits per heavy atom. The van der Waals surface area contributed by atoms with Crippen molar-refractivity contribution in [1.29, 1.82) is 0 Å². The van der Waals surface area contributed by atoms with Gasteiger partial charge in [-0.2, -0.15) is 5.11 Å². The smallest absolute Gasteiger partial charge is 0.218 e. The molecule has 106 valence electrons. The van der Waals surface area contributed by atoms with Crippen LogP contribution in [0.15, 0.2) is 58.8 Å². The Labute approximate surface area is 121 Å². The Morgan fingerprint density at radius 2 is 1.95 bits per heavy atom. The molecular formula is C16H15N3O2. The molecule has 0 spiro atoms. The molecule has 21 heavy (non-hydrogen) atoms. The molecule has 0 unspecified atom stereocenters. The summed E-state index contributed by atoms with van der Waals surface area (Å²) in [5.74, 6) is 0.728. The van der Waals surface area contributed by atoms with Gasteiger partial charge in [0.15, 0.2) is 5.69 Å². The highest BCUT2D eigenvalue weighted by molar-refractivity contribution is 5.94. The number of aromatic nitrogens is 1. The Kier molecular flexibility index (Phi) is 3.55. The molecule has 1 aromatic heterocycles. The van der Waals surface area contributed by atoms with E-state index in [0.717, 1.165) is 22.2 Å². The Bertz CT molecular complexity index is 779. The number of aromatic hydroxyl groups is 1. The highest BCUT2D eigenvalue weighted by atomic mass is 16.5. The van der Waals surface area contributed by atoms with Gasteiger partial charge in [0.1, 0.15) is 5.75 Å². The van der Waals surface area contributed by atoms with Gasteiger partial charge in [0.05, 0.1) is 19.2 Å². The Hall–Kier alpha value is -2.82. The predicted molar refractivity (Wildman–Crippen MR) is 81.2 cm³/mol. The van der Waals surface area contributed by atoms with E-state index in [-0.39, 0.29) is 5.88 Å². The lowest BCUT2D eigenvalue weighted by Crippen LogP contribution is -1.80. The van der Waals surface area contributed by atoms with E-state index in [1.165, 1.54) is 0 Å². The summed E-state index contributed by atoms with van der Waals surface area (Å²) in [4.78, 5) is 2.87. The van der Waals surface area contributed by atoms with Crippen LogP contribution >= 0.6 is 0 Å². The summed E-state index contributed by atoms with van der Waals surface area (Å²) >= 11 is 0. The lowest BCUT2D eigenvalue weighted by Gasteiger charge is -1.98. The van der Waals surface area contributed by atoms with Gasteiger partial charge in [-0.15, -0.1) is 5.11 Å². The number of hydrogen-bond donors (Lipinski definition) is 2. The summed E-state index contributed by atoms with van der Waals surface area (Å²) in [5.41, 5.74) is 2.28. The molecule has 0 radical (unpaired) electrons. The summed E-state index contributed by atoms with van der Waals surface area (Å²) in [6, 6.07) is 15.3. The fourth-order valence-electron chi connectivity index (χ4n) is 2.15. The van der Waals surface area contributed by atoms with Crippen molar-refractivity contribution in [3.8, 4) is 11.6 Å². The van der Waals surface area contributed by atoms with E-state index >= 15 is 0 Å². The lowest BCUT2D eigenvalue weighted by atomic mass is 10.2. The summed E-state index contributed by atoms with van der Waals surface area (Å²) in [6.45, 7) is 0.475. The number of benzene rings is 2. The second-order valence-electron chi connectivity index (χ2n) is 4.62. The molecule has 1 heterocycles. The first-order valence-electron chi connectivity index (χ1n) is 6.58. The van der Waals surface area contributed by atoms with Gasteiger partial charge in [-0.3, -0.25) is 0 Å². The molecule has 2 aromatic carbocycles. The number of fused-ring (bicyclic) bond motifs is 1.